The number of rotatable bonds is 5. The highest BCUT2D eigenvalue weighted by atomic mass is 15.2. The smallest absolute Gasteiger partial charge is 0.0252 e. The predicted octanol–water partition coefficient (Wildman–Crippen LogP) is 3.03. The summed E-state index contributed by atoms with van der Waals surface area (Å²) in [6.07, 6.45) is 6.95. The Labute approximate surface area is 102 Å². The molecule has 0 aromatic rings. The van der Waals surface area contributed by atoms with Gasteiger partial charge in [0.1, 0.15) is 0 Å². The lowest BCUT2D eigenvalue weighted by Crippen LogP contribution is -2.51. The topological polar surface area (TPSA) is 15.3 Å². The average Bonchev–Trinajstić information content (AvgIpc) is 2.42. The number of likely N-dealkylation sites (N-methyl/N-ethyl adjacent to an activating group) is 1. The van der Waals surface area contributed by atoms with Gasteiger partial charge in [-0.15, -0.1) is 0 Å². The van der Waals surface area contributed by atoms with E-state index in [1.54, 1.807) is 0 Å². The highest BCUT2D eigenvalue weighted by Crippen LogP contribution is 2.21. The average molecular weight is 226 g/mol. The summed E-state index contributed by atoms with van der Waals surface area (Å²) in [6, 6.07) is 0.820. The second-order valence-electron chi connectivity index (χ2n) is 5.80. The van der Waals surface area contributed by atoms with E-state index in [2.05, 4.69) is 37.9 Å². The van der Waals surface area contributed by atoms with E-state index < -0.39 is 0 Å². The number of hydrogen-bond acceptors (Lipinski definition) is 2. The molecule has 0 aromatic carbocycles. The minimum atomic E-state index is 0.256. The zero-order valence-corrected chi connectivity index (χ0v) is 11.7. The van der Waals surface area contributed by atoms with Crippen LogP contribution < -0.4 is 5.32 Å². The van der Waals surface area contributed by atoms with Gasteiger partial charge >= 0.3 is 0 Å². The van der Waals surface area contributed by atoms with E-state index in [4.69, 9.17) is 0 Å². The van der Waals surface area contributed by atoms with E-state index >= 15 is 0 Å². The highest BCUT2D eigenvalue weighted by Gasteiger charge is 2.25. The molecule has 1 aliphatic heterocycles. The van der Waals surface area contributed by atoms with Gasteiger partial charge in [-0.05, 0) is 46.2 Å². The van der Waals surface area contributed by atoms with Gasteiger partial charge in [-0.3, -0.25) is 4.90 Å². The summed E-state index contributed by atoms with van der Waals surface area (Å²) in [4.78, 5) is 2.72. The first-order valence-electron chi connectivity index (χ1n) is 7.08. The summed E-state index contributed by atoms with van der Waals surface area (Å²) < 4.78 is 0. The quantitative estimate of drug-likeness (QED) is 0.775. The second-order valence-corrected chi connectivity index (χ2v) is 5.80. The first kappa shape index (κ1) is 14.0. The lowest BCUT2D eigenvalue weighted by molar-refractivity contribution is 0.147. The Morgan fingerprint density at radius 3 is 2.56 bits per heavy atom. The normalized spacial score (nSPS) is 24.4. The van der Waals surface area contributed by atoms with Gasteiger partial charge in [0, 0.05) is 18.1 Å². The van der Waals surface area contributed by atoms with Crippen molar-refractivity contribution in [3.05, 3.63) is 0 Å². The van der Waals surface area contributed by atoms with Crippen LogP contribution in [0.3, 0.4) is 0 Å². The minimum absolute atomic E-state index is 0.256. The van der Waals surface area contributed by atoms with Gasteiger partial charge < -0.3 is 5.32 Å². The van der Waals surface area contributed by atoms with Crippen molar-refractivity contribution in [1.82, 2.24) is 10.2 Å². The third-order valence-electron chi connectivity index (χ3n) is 3.72. The molecule has 1 fully saturated rings. The lowest BCUT2D eigenvalue weighted by Gasteiger charge is -2.37. The Hall–Kier alpha value is -0.0800. The van der Waals surface area contributed by atoms with Crippen LogP contribution in [0.1, 0.15) is 59.8 Å². The molecule has 0 amide bonds. The van der Waals surface area contributed by atoms with Gasteiger partial charge in [0.25, 0.3) is 0 Å². The summed E-state index contributed by atoms with van der Waals surface area (Å²) in [5, 5.41) is 3.59. The number of likely N-dealkylation sites (tertiary alicyclic amines) is 1. The van der Waals surface area contributed by atoms with Gasteiger partial charge in [-0.2, -0.15) is 0 Å². The summed E-state index contributed by atoms with van der Waals surface area (Å²) in [6.45, 7) is 12.7. The van der Waals surface area contributed by atoms with Crippen LogP contribution in [0.5, 0.6) is 0 Å². The Morgan fingerprint density at radius 2 is 1.94 bits per heavy atom. The van der Waals surface area contributed by atoms with Crippen LogP contribution in [0.4, 0.5) is 0 Å². The number of hydrogen-bond donors (Lipinski definition) is 1. The fourth-order valence-corrected chi connectivity index (χ4v) is 2.95. The predicted molar refractivity (Wildman–Crippen MR) is 71.9 cm³/mol. The van der Waals surface area contributed by atoms with Crippen LogP contribution in [-0.2, 0) is 0 Å². The van der Waals surface area contributed by atoms with Gasteiger partial charge in [0.15, 0.2) is 0 Å². The van der Waals surface area contributed by atoms with Crippen LogP contribution >= 0.6 is 0 Å². The molecule has 0 radical (unpaired) electrons. The molecule has 0 spiro atoms. The molecule has 2 nitrogen and oxygen atoms in total. The SMILES string of the molecule is CCNC(C)(C)CN1CCCCCC1CC. The molecule has 0 bridgehead atoms. The molecular weight excluding hydrogens is 196 g/mol. The van der Waals surface area contributed by atoms with E-state index in [0.29, 0.717) is 0 Å². The molecule has 0 saturated carbocycles. The van der Waals surface area contributed by atoms with Crippen molar-refractivity contribution in [1.29, 1.82) is 0 Å². The Balaban J connectivity index is 2.53. The molecule has 96 valence electrons. The van der Waals surface area contributed by atoms with Crippen LogP contribution in [0, 0.1) is 0 Å². The maximum absolute atomic E-state index is 3.59. The van der Waals surface area contributed by atoms with E-state index in [1.165, 1.54) is 45.2 Å². The minimum Gasteiger partial charge on any atom is -0.311 e. The third kappa shape index (κ3) is 4.42. The highest BCUT2D eigenvalue weighted by molar-refractivity contribution is 4.85. The van der Waals surface area contributed by atoms with Gasteiger partial charge in [0.05, 0.1) is 0 Å². The van der Waals surface area contributed by atoms with Gasteiger partial charge in [-0.25, -0.2) is 0 Å². The van der Waals surface area contributed by atoms with Crippen LogP contribution in [0.2, 0.25) is 0 Å². The van der Waals surface area contributed by atoms with Crippen LogP contribution in [-0.4, -0.2) is 36.1 Å². The zero-order chi connectivity index (χ0) is 12.0. The van der Waals surface area contributed by atoms with Crippen molar-refractivity contribution < 1.29 is 0 Å². The first-order valence-corrected chi connectivity index (χ1v) is 7.08. The summed E-state index contributed by atoms with van der Waals surface area (Å²) in [7, 11) is 0. The molecule has 2 heteroatoms. The van der Waals surface area contributed by atoms with E-state index in [1.807, 2.05) is 0 Å². The van der Waals surface area contributed by atoms with Crippen molar-refractivity contribution in [2.24, 2.45) is 0 Å². The summed E-state index contributed by atoms with van der Waals surface area (Å²) >= 11 is 0. The maximum atomic E-state index is 3.59. The molecule has 1 unspecified atom stereocenters. The molecular formula is C14H30N2. The lowest BCUT2D eigenvalue weighted by atomic mass is 10.0. The maximum Gasteiger partial charge on any atom is 0.0252 e. The zero-order valence-electron chi connectivity index (χ0n) is 11.7. The molecule has 1 N–H and O–H groups in total. The van der Waals surface area contributed by atoms with Crippen molar-refractivity contribution in [3.63, 3.8) is 0 Å². The van der Waals surface area contributed by atoms with E-state index in [0.717, 1.165) is 12.6 Å². The molecule has 1 rings (SSSR count). The van der Waals surface area contributed by atoms with Gasteiger partial charge in [-0.1, -0.05) is 26.7 Å². The van der Waals surface area contributed by atoms with Crippen molar-refractivity contribution >= 4 is 0 Å². The van der Waals surface area contributed by atoms with Crippen molar-refractivity contribution in [2.45, 2.75) is 71.4 Å². The number of nitrogens with zero attached hydrogens (tertiary/aromatic N) is 1. The Morgan fingerprint density at radius 1 is 1.19 bits per heavy atom. The Kier molecular flexibility index (Phi) is 5.77. The largest absolute Gasteiger partial charge is 0.311 e. The Bertz CT molecular complexity index is 189. The van der Waals surface area contributed by atoms with Crippen LogP contribution in [0.15, 0.2) is 0 Å². The van der Waals surface area contributed by atoms with Crippen molar-refractivity contribution in [3.8, 4) is 0 Å². The van der Waals surface area contributed by atoms with Crippen LogP contribution in [0.25, 0.3) is 0 Å². The van der Waals surface area contributed by atoms with E-state index in [9.17, 15) is 0 Å². The molecule has 0 aromatic heterocycles. The third-order valence-corrected chi connectivity index (χ3v) is 3.72. The number of nitrogens with one attached hydrogen (secondary N) is 1. The fraction of sp³-hybridized carbons (Fsp3) is 1.00. The van der Waals surface area contributed by atoms with E-state index in [-0.39, 0.29) is 5.54 Å². The standard InChI is InChI=1S/C14H30N2/c1-5-13-10-8-7-9-11-16(13)12-14(3,4)15-6-2/h13,15H,5-12H2,1-4H3. The van der Waals surface area contributed by atoms with Crippen molar-refractivity contribution in [2.75, 3.05) is 19.6 Å². The molecule has 1 aliphatic rings. The summed E-state index contributed by atoms with van der Waals surface area (Å²) in [5.41, 5.74) is 0.256. The molecule has 1 atom stereocenters. The monoisotopic (exact) mass is 226 g/mol. The van der Waals surface area contributed by atoms with Gasteiger partial charge in [0.2, 0.25) is 0 Å². The summed E-state index contributed by atoms with van der Waals surface area (Å²) in [5.74, 6) is 0. The molecule has 0 aliphatic carbocycles. The molecule has 16 heavy (non-hydrogen) atoms. The first-order chi connectivity index (χ1) is 7.59. The molecule has 1 saturated heterocycles. The second kappa shape index (κ2) is 6.61. The fourth-order valence-electron chi connectivity index (χ4n) is 2.95. The molecule has 1 heterocycles.